The molecule has 0 aliphatic rings. The van der Waals surface area contributed by atoms with Gasteiger partial charge in [-0.3, -0.25) is 9.69 Å². The van der Waals surface area contributed by atoms with Crippen LogP contribution in [-0.4, -0.2) is 29.5 Å². The van der Waals surface area contributed by atoms with Gasteiger partial charge in [0.15, 0.2) is 12.4 Å². The fourth-order valence-electron chi connectivity index (χ4n) is 2.05. The van der Waals surface area contributed by atoms with Crippen molar-refractivity contribution in [3.63, 3.8) is 0 Å². The van der Waals surface area contributed by atoms with E-state index in [1.165, 1.54) is 22.6 Å². The van der Waals surface area contributed by atoms with Crippen molar-refractivity contribution >= 4 is 33.3 Å². The molecule has 0 aliphatic carbocycles. The lowest BCUT2D eigenvalue weighted by Gasteiger charge is -2.17. The first-order valence-electron chi connectivity index (χ1n) is 6.77. The Balaban J connectivity index is 1.76. The number of hydrogen-bond acceptors (Lipinski definition) is 6. The van der Waals surface area contributed by atoms with Crippen molar-refractivity contribution in [3.8, 4) is 11.8 Å². The van der Waals surface area contributed by atoms with Crippen LogP contribution in [0.5, 0.6) is 5.75 Å². The molecule has 0 saturated heterocycles. The average Bonchev–Trinajstić information content (AvgIpc) is 3.07. The molecule has 0 bridgehead atoms. The highest BCUT2D eigenvalue weighted by Gasteiger charge is 2.17. The van der Waals surface area contributed by atoms with Crippen LogP contribution in [-0.2, 0) is 4.79 Å². The van der Waals surface area contributed by atoms with Crippen molar-refractivity contribution in [3.05, 3.63) is 47.6 Å². The van der Waals surface area contributed by atoms with E-state index in [0.717, 1.165) is 10.2 Å². The number of amides is 1. The Labute approximate surface area is 136 Å². The molecule has 0 unspecified atom stereocenters. The molecule has 0 fully saturated rings. The maximum Gasteiger partial charge on any atom is 0.265 e. The number of para-hydroxylation sites is 1. The summed E-state index contributed by atoms with van der Waals surface area (Å²) in [6, 6.07) is 10.7. The Morgan fingerprint density at radius 1 is 1.35 bits per heavy atom. The van der Waals surface area contributed by atoms with Gasteiger partial charge in [0.2, 0.25) is 0 Å². The Hall–Kier alpha value is -2.98. The normalized spacial score (nSPS) is 10.3. The summed E-state index contributed by atoms with van der Waals surface area (Å²) in [4.78, 5) is 22.1. The second kappa shape index (κ2) is 6.42. The van der Waals surface area contributed by atoms with E-state index in [0.29, 0.717) is 17.1 Å². The molecule has 2 heterocycles. The molecule has 7 heteroatoms. The van der Waals surface area contributed by atoms with Crippen LogP contribution >= 0.6 is 11.3 Å². The van der Waals surface area contributed by atoms with Crippen molar-refractivity contribution < 1.29 is 9.53 Å². The first-order valence-corrected chi connectivity index (χ1v) is 7.65. The number of anilines is 1. The zero-order valence-corrected chi connectivity index (χ0v) is 13.1. The summed E-state index contributed by atoms with van der Waals surface area (Å²) in [5.74, 6) is 0.680. The number of hydrogen-bond donors (Lipinski definition) is 0. The van der Waals surface area contributed by atoms with Gasteiger partial charge in [0.05, 0.1) is 15.8 Å². The average molecular weight is 324 g/mol. The van der Waals surface area contributed by atoms with Gasteiger partial charge in [-0.05, 0) is 23.6 Å². The number of fused-ring (bicyclic) bond motifs is 1. The van der Waals surface area contributed by atoms with Crippen LogP contribution in [0.25, 0.3) is 10.2 Å². The van der Waals surface area contributed by atoms with Crippen molar-refractivity contribution in [1.29, 1.82) is 5.26 Å². The third-order valence-corrected chi connectivity index (χ3v) is 4.17. The standard InChI is InChI=1S/C16H12N4O2S/c1-20(16-15-12(6-7-23-15)18-10-19-16)14(21)9-22-13-5-3-2-4-11(13)8-17/h2-7,10H,9H2,1H3. The number of thiophene rings is 1. The van der Waals surface area contributed by atoms with Gasteiger partial charge >= 0.3 is 0 Å². The van der Waals surface area contributed by atoms with Crippen molar-refractivity contribution in [2.24, 2.45) is 0 Å². The summed E-state index contributed by atoms with van der Waals surface area (Å²) in [6.45, 7) is -0.175. The molecule has 1 aromatic carbocycles. The Morgan fingerprint density at radius 3 is 3.00 bits per heavy atom. The van der Waals surface area contributed by atoms with Gasteiger partial charge in [-0.1, -0.05) is 12.1 Å². The van der Waals surface area contributed by atoms with Crippen LogP contribution in [0.2, 0.25) is 0 Å². The minimum Gasteiger partial charge on any atom is -0.482 e. The molecule has 114 valence electrons. The van der Waals surface area contributed by atoms with Gasteiger partial charge in [0.25, 0.3) is 5.91 Å². The quantitative estimate of drug-likeness (QED) is 0.737. The van der Waals surface area contributed by atoms with Gasteiger partial charge in [-0.15, -0.1) is 11.3 Å². The van der Waals surface area contributed by atoms with Gasteiger partial charge < -0.3 is 4.74 Å². The Morgan fingerprint density at radius 2 is 2.17 bits per heavy atom. The summed E-state index contributed by atoms with van der Waals surface area (Å²) in [7, 11) is 1.64. The molecule has 3 rings (SSSR count). The van der Waals surface area contributed by atoms with Crippen molar-refractivity contribution in [2.45, 2.75) is 0 Å². The molecular weight excluding hydrogens is 312 g/mol. The van der Waals surface area contributed by atoms with E-state index in [1.54, 1.807) is 31.3 Å². The SMILES string of the molecule is CN(C(=O)COc1ccccc1C#N)c1ncnc2ccsc12. The second-order valence-corrected chi connectivity index (χ2v) is 5.60. The minimum atomic E-state index is -0.258. The fraction of sp³-hybridized carbons (Fsp3) is 0.125. The first-order chi connectivity index (χ1) is 11.2. The van der Waals surface area contributed by atoms with E-state index in [1.807, 2.05) is 17.5 Å². The number of rotatable bonds is 4. The predicted octanol–water partition coefficient (Wildman–Crippen LogP) is 2.60. The highest BCUT2D eigenvalue weighted by Crippen LogP contribution is 2.27. The molecule has 3 aromatic rings. The van der Waals surface area contributed by atoms with Gasteiger partial charge in [0, 0.05) is 7.05 Å². The Kier molecular flexibility index (Phi) is 4.17. The van der Waals surface area contributed by atoms with Gasteiger partial charge in [-0.25, -0.2) is 9.97 Å². The molecule has 23 heavy (non-hydrogen) atoms. The lowest BCUT2D eigenvalue weighted by Crippen LogP contribution is -2.32. The maximum atomic E-state index is 12.3. The van der Waals surface area contributed by atoms with Crippen LogP contribution in [0.4, 0.5) is 5.82 Å². The number of carbonyl (C=O) groups excluding carboxylic acids is 1. The smallest absolute Gasteiger partial charge is 0.265 e. The molecular formula is C16H12N4O2S. The summed E-state index contributed by atoms with van der Waals surface area (Å²) in [6.07, 6.45) is 1.43. The molecule has 2 aromatic heterocycles. The highest BCUT2D eigenvalue weighted by atomic mass is 32.1. The predicted molar refractivity (Wildman–Crippen MR) is 87.5 cm³/mol. The lowest BCUT2D eigenvalue weighted by molar-refractivity contribution is -0.120. The molecule has 1 amide bonds. The van der Waals surface area contributed by atoms with Crippen LogP contribution in [0.15, 0.2) is 42.0 Å². The molecule has 0 radical (unpaired) electrons. The van der Waals surface area contributed by atoms with E-state index in [2.05, 4.69) is 9.97 Å². The molecule has 0 atom stereocenters. The molecule has 6 nitrogen and oxygen atoms in total. The molecule has 0 saturated carbocycles. The lowest BCUT2D eigenvalue weighted by atomic mass is 10.2. The first kappa shape index (κ1) is 14.9. The van der Waals surface area contributed by atoms with Crippen LogP contribution in [0.3, 0.4) is 0 Å². The number of carbonyl (C=O) groups is 1. The fourth-order valence-corrected chi connectivity index (χ4v) is 2.92. The summed E-state index contributed by atoms with van der Waals surface area (Å²) < 4.78 is 6.32. The highest BCUT2D eigenvalue weighted by molar-refractivity contribution is 7.17. The zero-order chi connectivity index (χ0) is 16.2. The zero-order valence-electron chi connectivity index (χ0n) is 12.3. The minimum absolute atomic E-state index is 0.175. The summed E-state index contributed by atoms with van der Waals surface area (Å²) in [5, 5.41) is 10.9. The number of benzene rings is 1. The maximum absolute atomic E-state index is 12.3. The molecule has 0 N–H and O–H groups in total. The van der Waals surface area contributed by atoms with E-state index in [-0.39, 0.29) is 12.5 Å². The number of likely N-dealkylation sites (N-methyl/N-ethyl adjacent to an activating group) is 1. The molecule has 0 spiro atoms. The van der Waals surface area contributed by atoms with Crippen molar-refractivity contribution in [2.75, 3.05) is 18.6 Å². The largest absolute Gasteiger partial charge is 0.482 e. The van der Waals surface area contributed by atoms with E-state index < -0.39 is 0 Å². The molecule has 0 aliphatic heterocycles. The van der Waals surface area contributed by atoms with Crippen LogP contribution in [0.1, 0.15) is 5.56 Å². The van der Waals surface area contributed by atoms with E-state index in [9.17, 15) is 4.79 Å². The summed E-state index contributed by atoms with van der Waals surface area (Å²) >= 11 is 1.48. The van der Waals surface area contributed by atoms with Gasteiger partial charge in [0.1, 0.15) is 18.1 Å². The second-order valence-electron chi connectivity index (χ2n) is 4.68. The monoisotopic (exact) mass is 324 g/mol. The number of nitrogens with zero attached hydrogens (tertiary/aromatic N) is 4. The topological polar surface area (TPSA) is 79.1 Å². The number of ether oxygens (including phenoxy) is 1. The van der Waals surface area contributed by atoms with E-state index >= 15 is 0 Å². The summed E-state index contributed by atoms with van der Waals surface area (Å²) in [5.41, 5.74) is 1.20. The van der Waals surface area contributed by atoms with Crippen LogP contribution in [0, 0.1) is 11.3 Å². The van der Waals surface area contributed by atoms with Crippen LogP contribution < -0.4 is 9.64 Å². The third kappa shape index (κ3) is 2.98. The number of nitriles is 1. The van der Waals surface area contributed by atoms with Crippen molar-refractivity contribution in [1.82, 2.24) is 9.97 Å². The van der Waals surface area contributed by atoms with E-state index in [4.69, 9.17) is 10.00 Å². The Bertz CT molecular complexity index is 900. The third-order valence-electron chi connectivity index (χ3n) is 3.27. The van der Waals surface area contributed by atoms with Gasteiger partial charge in [-0.2, -0.15) is 5.26 Å². The number of aromatic nitrogens is 2.